The number of fused-ring (bicyclic) bond motifs is 2. The Labute approximate surface area is 219 Å². The summed E-state index contributed by atoms with van der Waals surface area (Å²) in [5.74, 6) is 1.69. The van der Waals surface area contributed by atoms with Crippen molar-refractivity contribution in [1.29, 1.82) is 0 Å². The van der Waals surface area contributed by atoms with Gasteiger partial charge in [-0.25, -0.2) is 4.98 Å². The number of ketones is 1. The van der Waals surface area contributed by atoms with Crippen LogP contribution in [-0.4, -0.2) is 73.0 Å². The molecule has 1 unspecified atom stereocenters. The molecule has 4 aromatic rings. The fourth-order valence-corrected chi connectivity index (χ4v) is 4.73. The second-order valence-corrected chi connectivity index (χ2v) is 9.18. The van der Waals surface area contributed by atoms with E-state index in [1.54, 1.807) is 32.4 Å². The van der Waals surface area contributed by atoms with Gasteiger partial charge in [0.25, 0.3) is 0 Å². The number of benzene rings is 2. The molecule has 5 rings (SSSR count). The van der Waals surface area contributed by atoms with Gasteiger partial charge in [0.05, 0.1) is 31.5 Å². The lowest BCUT2D eigenvalue weighted by Gasteiger charge is -2.37. The summed E-state index contributed by atoms with van der Waals surface area (Å²) in [6, 6.07) is 10.4. The normalized spacial score (nSPS) is 15.0. The first-order valence-electron chi connectivity index (χ1n) is 12.3. The molecule has 1 aliphatic heterocycles. The predicted octanol–water partition coefficient (Wildman–Crippen LogP) is 3.33. The number of anilines is 3. The van der Waals surface area contributed by atoms with Crippen molar-refractivity contribution in [3.8, 4) is 11.5 Å². The summed E-state index contributed by atoms with van der Waals surface area (Å²) in [7, 11) is 3.14. The van der Waals surface area contributed by atoms with E-state index in [4.69, 9.17) is 24.6 Å². The summed E-state index contributed by atoms with van der Waals surface area (Å²) < 4.78 is 16.5. The monoisotopic (exact) mass is 518 g/mol. The third-order valence-electron chi connectivity index (χ3n) is 6.91. The minimum atomic E-state index is -0.426. The fourth-order valence-electron chi connectivity index (χ4n) is 4.73. The maximum Gasteiger partial charge on any atom is 0.241 e. The lowest BCUT2D eigenvalue weighted by Crippen LogP contribution is -2.53. The smallest absolute Gasteiger partial charge is 0.241 e. The number of furan rings is 1. The van der Waals surface area contributed by atoms with Crippen LogP contribution in [0.1, 0.15) is 24.4 Å². The highest BCUT2D eigenvalue weighted by molar-refractivity contribution is 6.11. The van der Waals surface area contributed by atoms with E-state index in [0.717, 1.165) is 0 Å². The average Bonchev–Trinajstić information content (AvgIpc) is 3.30. The van der Waals surface area contributed by atoms with E-state index in [1.807, 2.05) is 30.0 Å². The summed E-state index contributed by atoms with van der Waals surface area (Å²) in [5.41, 5.74) is 7.89. The van der Waals surface area contributed by atoms with Crippen LogP contribution >= 0.6 is 0 Å². The summed E-state index contributed by atoms with van der Waals surface area (Å²) >= 11 is 0. The van der Waals surface area contributed by atoms with Gasteiger partial charge in [-0.1, -0.05) is 12.1 Å². The molecule has 0 saturated carbocycles. The first-order valence-corrected chi connectivity index (χ1v) is 12.3. The molecule has 1 amide bonds. The van der Waals surface area contributed by atoms with Crippen molar-refractivity contribution in [1.82, 2.24) is 14.9 Å². The molecule has 2 aromatic carbocycles. The molecule has 0 radical (unpaired) electrons. The molecule has 1 aliphatic rings. The van der Waals surface area contributed by atoms with Crippen molar-refractivity contribution in [2.45, 2.75) is 19.9 Å². The Hall–Kier alpha value is -4.38. The van der Waals surface area contributed by atoms with E-state index < -0.39 is 6.04 Å². The Balaban J connectivity index is 1.29. The highest BCUT2D eigenvalue weighted by Gasteiger charge is 2.29. The van der Waals surface area contributed by atoms with Crippen LogP contribution in [0.5, 0.6) is 11.5 Å². The topological polar surface area (TPSA) is 136 Å². The highest BCUT2D eigenvalue weighted by Crippen LogP contribution is 2.34. The Kier molecular flexibility index (Phi) is 6.77. The van der Waals surface area contributed by atoms with Crippen molar-refractivity contribution in [3.63, 3.8) is 0 Å². The van der Waals surface area contributed by atoms with Crippen LogP contribution in [0, 0.1) is 0 Å². The van der Waals surface area contributed by atoms with Crippen molar-refractivity contribution in [2.75, 3.05) is 56.3 Å². The molecule has 1 fully saturated rings. The van der Waals surface area contributed by atoms with Gasteiger partial charge < -0.3 is 29.8 Å². The molecule has 2 aromatic heterocycles. The maximum absolute atomic E-state index is 13.2. The number of nitrogens with two attached hydrogens (primary N) is 1. The zero-order valence-corrected chi connectivity index (χ0v) is 21.8. The Morgan fingerprint density at radius 3 is 2.39 bits per heavy atom. The van der Waals surface area contributed by atoms with Crippen LogP contribution in [-0.2, 0) is 4.79 Å². The molecule has 11 nitrogen and oxygen atoms in total. The van der Waals surface area contributed by atoms with Crippen molar-refractivity contribution >= 4 is 51.0 Å². The molecule has 198 valence electrons. The molecule has 3 N–H and O–H groups in total. The zero-order valence-electron chi connectivity index (χ0n) is 21.8. The average molecular weight is 519 g/mol. The number of piperazine rings is 1. The fraction of sp³-hybridized carbons (Fsp3) is 0.333. The number of nitrogen functional groups attached to an aromatic ring is 1. The lowest BCUT2D eigenvalue weighted by atomic mass is 10.1. The van der Waals surface area contributed by atoms with E-state index in [0.29, 0.717) is 77.0 Å². The number of hydrogen-bond donors (Lipinski definition) is 2. The van der Waals surface area contributed by atoms with Gasteiger partial charge in [-0.3, -0.25) is 14.5 Å². The number of Topliss-reactive ketones (excluding diaryl/α,β-unsaturated/α-hetero) is 1. The zero-order chi connectivity index (χ0) is 27.0. The van der Waals surface area contributed by atoms with Crippen LogP contribution in [0.4, 0.5) is 17.5 Å². The van der Waals surface area contributed by atoms with Crippen molar-refractivity contribution in [3.05, 3.63) is 42.2 Å². The Bertz CT molecular complexity index is 1530. The minimum Gasteiger partial charge on any atom is -0.493 e. The number of nitrogens with one attached hydrogen (secondary N) is 1. The van der Waals surface area contributed by atoms with Crippen LogP contribution < -0.4 is 25.4 Å². The van der Waals surface area contributed by atoms with Gasteiger partial charge in [0.15, 0.2) is 23.0 Å². The number of carbonyl (C=O) groups excluding carboxylic acids is 2. The van der Waals surface area contributed by atoms with Gasteiger partial charge in [0.1, 0.15) is 11.4 Å². The summed E-state index contributed by atoms with van der Waals surface area (Å²) in [6.07, 6.45) is 0. The van der Waals surface area contributed by atoms with Gasteiger partial charge in [0.2, 0.25) is 11.9 Å². The molecule has 0 aliphatic carbocycles. The maximum atomic E-state index is 13.2. The number of rotatable bonds is 7. The van der Waals surface area contributed by atoms with E-state index in [9.17, 15) is 9.59 Å². The van der Waals surface area contributed by atoms with Gasteiger partial charge in [-0.2, -0.15) is 4.98 Å². The van der Waals surface area contributed by atoms with Crippen LogP contribution in [0.3, 0.4) is 0 Å². The van der Waals surface area contributed by atoms with Crippen molar-refractivity contribution < 1.29 is 23.5 Å². The molecule has 11 heteroatoms. The Morgan fingerprint density at radius 1 is 1.03 bits per heavy atom. The number of hydrogen-bond acceptors (Lipinski definition) is 10. The SMILES string of the molecule is COc1cc2nc(N3CCN(C(C)C(=O)Nc4c(C(C)=O)oc5ccccc45)CC3)nc(N)c2cc1OC. The number of ether oxygens (including phenoxy) is 2. The minimum absolute atomic E-state index is 0.150. The van der Waals surface area contributed by atoms with Crippen molar-refractivity contribution in [2.24, 2.45) is 0 Å². The van der Waals surface area contributed by atoms with Gasteiger partial charge in [0, 0.05) is 49.9 Å². The number of aromatic nitrogens is 2. The molecule has 1 saturated heterocycles. The van der Waals surface area contributed by atoms with Gasteiger partial charge >= 0.3 is 0 Å². The molecule has 0 spiro atoms. The summed E-state index contributed by atoms with van der Waals surface area (Å²) in [6.45, 7) is 5.74. The second-order valence-electron chi connectivity index (χ2n) is 9.18. The van der Waals surface area contributed by atoms with E-state index >= 15 is 0 Å². The predicted molar refractivity (Wildman–Crippen MR) is 145 cm³/mol. The first kappa shape index (κ1) is 25.3. The van der Waals surface area contributed by atoms with Gasteiger partial charge in [-0.05, 0) is 25.1 Å². The van der Waals surface area contributed by atoms with Crippen LogP contribution in [0.15, 0.2) is 40.8 Å². The molecule has 38 heavy (non-hydrogen) atoms. The Morgan fingerprint density at radius 2 is 1.71 bits per heavy atom. The highest BCUT2D eigenvalue weighted by atomic mass is 16.5. The summed E-state index contributed by atoms with van der Waals surface area (Å²) in [4.78, 5) is 38.7. The lowest BCUT2D eigenvalue weighted by molar-refractivity contribution is -0.120. The quantitative estimate of drug-likeness (QED) is 0.351. The number of carbonyl (C=O) groups is 2. The van der Waals surface area contributed by atoms with E-state index in [-0.39, 0.29) is 17.5 Å². The van der Waals surface area contributed by atoms with Crippen LogP contribution in [0.25, 0.3) is 21.9 Å². The van der Waals surface area contributed by atoms with E-state index in [2.05, 4.69) is 15.2 Å². The number of nitrogens with zero attached hydrogens (tertiary/aromatic N) is 4. The number of methoxy groups -OCH3 is 2. The molecular weight excluding hydrogens is 488 g/mol. The standard InChI is InChI=1S/C27H30N6O5/c1-15(26(35)30-23-17-7-5-6-8-20(17)38-24(23)16(2)34)32-9-11-33(12-10-32)27-29-19-14-22(37-4)21(36-3)13-18(19)25(28)31-27/h5-8,13-15H,9-12H2,1-4H3,(H,30,35)(H2,28,29,31). The molecule has 3 heterocycles. The molecule has 0 bridgehead atoms. The van der Waals surface area contributed by atoms with Crippen LogP contribution in [0.2, 0.25) is 0 Å². The van der Waals surface area contributed by atoms with E-state index in [1.165, 1.54) is 6.92 Å². The number of para-hydroxylation sites is 1. The second kappa shape index (κ2) is 10.2. The third kappa shape index (κ3) is 4.56. The largest absolute Gasteiger partial charge is 0.493 e. The summed E-state index contributed by atoms with van der Waals surface area (Å²) in [5, 5.41) is 4.32. The third-order valence-corrected chi connectivity index (χ3v) is 6.91. The van der Waals surface area contributed by atoms with Gasteiger partial charge in [-0.15, -0.1) is 0 Å². The number of amides is 1. The first-order chi connectivity index (χ1) is 18.3. The molecular formula is C27H30N6O5. The molecule has 1 atom stereocenters.